The Morgan fingerprint density at radius 3 is 2.67 bits per heavy atom. The molecular formula is C16H18N2O3. The maximum atomic E-state index is 5.89. The van der Waals surface area contributed by atoms with Gasteiger partial charge in [0.05, 0.1) is 0 Å². The summed E-state index contributed by atoms with van der Waals surface area (Å²) < 4.78 is 16.6. The predicted molar refractivity (Wildman–Crippen MR) is 76.2 cm³/mol. The molecule has 0 radical (unpaired) electrons. The predicted octanol–water partition coefficient (Wildman–Crippen LogP) is 3.76. The van der Waals surface area contributed by atoms with E-state index in [1.54, 1.807) is 0 Å². The topological polar surface area (TPSA) is 57.4 Å². The minimum Gasteiger partial charge on any atom is -0.454 e. The van der Waals surface area contributed by atoms with Crippen LogP contribution in [0, 0.1) is 5.92 Å². The van der Waals surface area contributed by atoms with E-state index >= 15 is 0 Å². The second-order valence-corrected chi connectivity index (χ2v) is 5.97. The van der Waals surface area contributed by atoms with Gasteiger partial charge in [0.1, 0.15) is 0 Å². The number of nitrogens with zero attached hydrogens (tertiary/aromatic N) is 2. The van der Waals surface area contributed by atoms with Gasteiger partial charge in [-0.25, -0.2) is 0 Å². The molecule has 0 saturated heterocycles. The highest BCUT2D eigenvalue weighted by Gasteiger charge is 2.25. The van der Waals surface area contributed by atoms with Crippen molar-refractivity contribution < 1.29 is 13.9 Å². The maximum absolute atomic E-state index is 5.89. The molecule has 110 valence electrons. The lowest BCUT2D eigenvalue weighted by Gasteiger charge is -2.23. The van der Waals surface area contributed by atoms with E-state index in [0.29, 0.717) is 11.8 Å². The number of hydrogen-bond acceptors (Lipinski definition) is 5. The molecule has 0 atom stereocenters. The molecule has 0 unspecified atom stereocenters. The van der Waals surface area contributed by atoms with Gasteiger partial charge in [-0.15, -0.1) is 10.2 Å². The second-order valence-electron chi connectivity index (χ2n) is 5.97. The van der Waals surface area contributed by atoms with Gasteiger partial charge in [0, 0.05) is 11.5 Å². The van der Waals surface area contributed by atoms with Crippen molar-refractivity contribution in [2.75, 3.05) is 6.79 Å². The summed E-state index contributed by atoms with van der Waals surface area (Å²) in [5.41, 5.74) is 0.877. The van der Waals surface area contributed by atoms with Gasteiger partial charge in [0.2, 0.25) is 18.6 Å². The van der Waals surface area contributed by atoms with Gasteiger partial charge >= 0.3 is 0 Å². The Morgan fingerprint density at radius 1 is 1.00 bits per heavy atom. The van der Waals surface area contributed by atoms with E-state index in [0.717, 1.165) is 41.7 Å². The minimum atomic E-state index is 0.272. The van der Waals surface area contributed by atoms with Crippen LogP contribution in [0.1, 0.15) is 44.4 Å². The lowest BCUT2D eigenvalue weighted by molar-refractivity contribution is 0.174. The van der Waals surface area contributed by atoms with Crippen LogP contribution in [-0.4, -0.2) is 17.0 Å². The highest BCUT2D eigenvalue weighted by molar-refractivity contribution is 5.60. The third-order valence-corrected chi connectivity index (χ3v) is 4.43. The molecule has 2 aliphatic rings. The van der Waals surface area contributed by atoms with Gasteiger partial charge in [0.25, 0.3) is 0 Å². The molecule has 0 bridgehead atoms. The zero-order chi connectivity index (χ0) is 14.2. The number of benzene rings is 1. The van der Waals surface area contributed by atoms with E-state index in [-0.39, 0.29) is 6.79 Å². The normalized spacial score (nSPS) is 24.2. The summed E-state index contributed by atoms with van der Waals surface area (Å²) in [6, 6.07) is 5.69. The smallest absolute Gasteiger partial charge is 0.247 e. The first-order valence-electron chi connectivity index (χ1n) is 7.53. The van der Waals surface area contributed by atoms with E-state index in [1.165, 1.54) is 12.8 Å². The van der Waals surface area contributed by atoms with Gasteiger partial charge in [-0.1, -0.05) is 6.92 Å². The summed E-state index contributed by atoms with van der Waals surface area (Å²) in [7, 11) is 0. The largest absolute Gasteiger partial charge is 0.454 e. The lowest BCUT2D eigenvalue weighted by atomic mass is 9.83. The van der Waals surface area contributed by atoms with Crippen LogP contribution in [0.5, 0.6) is 11.5 Å². The van der Waals surface area contributed by atoms with Crippen LogP contribution in [0.3, 0.4) is 0 Å². The molecule has 0 amide bonds. The van der Waals surface area contributed by atoms with Crippen LogP contribution in [0.2, 0.25) is 0 Å². The molecule has 21 heavy (non-hydrogen) atoms. The Balaban J connectivity index is 1.57. The quantitative estimate of drug-likeness (QED) is 0.841. The van der Waals surface area contributed by atoms with Crippen LogP contribution in [0.4, 0.5) is 0 Å². The van der Waals surface area contributed by atoms with Crippen molar-refractivity contribution in [3.8, 4) is 23.0 Å². The van der Waals surface area contributed by atoms with Crippen LogP contribution in [0.25, 0.3) is 11.5 Å². The van der Waals surface area contributed by atoms with Crippen LogP contribution >= 0.6 is 0 Å². The summed E-state index contributed by atoms with van der Waals surface area (Å²) in [6.45, 7) is 2.58. The highest BCUT2D eigenvalue weighted by Crippen LogP contribution is 2.38. The van der Waals surface area contributed by atoms with Crippen LogP contribution in [-0.2, 0) is 0 Å². The molecule has 2 aromatic rings. The molecule has 1 aromatic heterocycles. The van der Waals surface area contributed by atoms with Crippen molar-refractivity contribution in [3.63, 3.8) is 0 Å². The number of rotatable bonds is 2. The zero-order valence-corrected chi connectivity index (χ0v) is 12.0. The van der Waals surface area contributed by atoms with E-state index < -0.39 is 0 Å². The Hall–Kier alpha value is -2.04. The monoisotopic (exact) mass is 286 g/mol. The van der Waals surface area contributed by atoms with E-state index in [2.05, 4.69) is 17.1 Å². The lowest BCUT2D eigenvalue weighted by Crippen LogP contribution is -2.10. The van der Waals surface area contributed by atoms with Crippen molar-refractivity contribution >= 4 is 0 Å². The van der Waals surface area contributed by atoms with Crippen molar-refractivity contribution in [2.24, 2.45) is 5.92 Å². The first kappa shape index (κ1) is 12.7. The summed E-state index contributed by atoms with van der Waals surface area (Å²) in [5.74, 6) is 4.06. The van der Waals surface area contributed by atoms with Crippen LogP contribution in [0.15, 0.2) is 22.6 Å². The van der Waals surface area contributed by atoms with E-state index in [1.807, 2.05) is 18.2 Å². The molecule has 1 aliphatic heterocycles. The maximum Gasteiger partial charge on any atom is 0.247 e. The van der Waals surface area contributed by atoms with Crippen LogP contribution < -0.4 is 9.47 Å². The minimum absolute atomic E-state index is 0.272. The van der Waals surface area contributed by atoms with Gasteiger partial charge in [-0.3, -0.25) is 0 Å². The van der Waals surface area contributed by atoms with Gasteiger partial charge in [-0.2, -0.15) is 0 Å². The highest BCUT2D eigenvalue weighted by atomic mass is 16.7. The molecule has 5 nitrogen and oxygen atoms in total. The molecule has 1 aromatic carbocycles. The second kappa shape index (κ2) is 5.06. The van der Waals surface area contributed by atoms with Gasteiger partial charge in [-0.05, 0) is 49.8 Å². The summed E-state index contributed by atoms with van der Waals surface area (Å²) in [5, 5.41) is 8.44. The molecule has 1 aliphatic carbocycles. The van der Waals surface area contributed by atoms with Crippen molar-refractivity contribution in [2.45, 2.75) is 38.5 Å². The number of hydrogen-bond donors (Lipinski definition) is 0. The third kappa shape index (κ3) is 2.37. The fourth-order valence-corrected chi connectivity index (χ4v) is 3.05. The Bertz CT molecular complexity index is 645. The number of fused-ring (bicyclic) bond motifs is 1. The SMILES string of the molecule is CC1CCC(c2nnc(-c3ccc4c(c3)OCO4)o2)CC1. The standard InChI is InChI=1S/C16H18N2O3/c1-10-2-4-11(5-3-10)15-17-18-16(21-15)12-6-7-13-14(8-12)20-9-19-13/h6-8,10-11H,2-5,9H2,1H3. The fraction of sp³-hybridized carbons (Fsp3) is 0.500. The number of ether oxygens (including phenoxy) is 2. The van der Waals surface area contributed by atoms with E-state index in [4.69, 9.17) is 13.9 Å². The van der Waals surface area contributed by atoms with Crippen molar-refractivity contribution in [1.82, 2.24) is 10.2 Å². The Kier molecular flexibility index (Phi) is 3.05. The molecule has 1 fully saturated rings. The average molecular weight is 286 g/mol. The first-order chi connectivity index (χ1) is 10.3. The number of aromatic nitrogens is 2. The molecule has 5 heteroatoms. The van der Waals surface area contributed by atoms with Crippen molar-refractivity contribution in [3.05, 3.63) is 24.1 Å². The molecule has 2 heterocycles. The molecule has 1 saturated carbocycles. The molecule has 4 rings (SSSR count). The summed E-state index contributed by atoms with van der Waals surface area (Å²) in [6.07, 6.45) is 4.77. The fourth-order valence-electron chi connectivity index (χ4n) is 3.05. The Labute approximate surface area is 123 Å². The summed E-state index contributed by atoms with van der Waals surface area (Å²) >= 11 is 0. The molecular weight excluding hydrogens is 268 g/mol. The van der Waals surface area contributed by atoms with Gasteiger partial charge < -0.3 is 13.9 Å². The first-order valence-corrected chi connectivity index (χ1v) is 7.53. The third-order valence-electron chi connectivity index (χ3n) is 4.43. The Morgan fingerprint density at radius 2 is 1.81 bits per heavy atom. The molecule has 0 N–H and O–H groups in total. The van der Waals surface area contributed by atoms with Gasteiger partial charge in [0.15, 0.2) is 11.5 Å². The summed E-state index contributed by atoms with van der Waals surface area (Å²) in [4.78, 5) is 0. The van der Waals surface area contributed by atoms with Crippen molar-refractivity contribution in [1.29, 1.82) is 0 Å². The molecule has 0 spiro atoms. The van der Waals surface area contributed by atoms with E-state index in [9.17, 15) is 0 Å². The average Bonchev–Trinajstić information content (AvgIpc) is 3.16. The zero-order valence-electron chi connectivity index (χ0n) is 12.0.